The number of thioether (sulfide) groups is 1. The van der Waals surface area contributed by atoms with Crippen molar-refractivity contribution < 1.29 is 14.3 Å². The molecule has 9 heteroatoms. The number of aromatic nitrogens is 2. The second-order valence-electron chi connectivity index (χ2n) is 8.32. The molecule has 190 valence electrons. The zero-order valence-electron chi connectivity index (χ0n) is 20.7. The number of hydrogen-bond acceptors (Lipinski definition) is 6. The second kappa shape index (κ2) is 12.2. The van der Waals surface area contributed by atoms with Crippen LogP contribution in [0.4, 0.5) is 5.69 Å². The number of carbonyl (C=O) groups is 2. The van der Waals surface area contributed by atoms with Crippen LogP contribution in [0.2, 0.25) is 0 Å². The molecular weight excluding hydrogens is 488 g/mol. The molecule has 0 aliphatic carbocycles. The van der Waals surface area contributed by atoms with Crippen LogP contribution in [0.1, 0.15) is 29.3 Å². The van der Waals surface area contributed by atoms with Gasteiger partial charge in [-0.2, -0.15) is 0 Å². The Morgan fingerprint density at radius 1 is 1.00 bits per heavy atom. The van der Waals surface area contributed by atoms with Crippen molar-refractivity contribution in [3.63, 3.8) is 0 Å². The molecule has 0 aliphatic rings. The van der Waals surface area contributed by atoms with E-state index >= 15 is 0 Å². The van der Waals surface area contributed by atoms with Crippen LogP contribution in [0.5, 0.6) is 5.75 Å². The number of carbonyl (C=O) groups excluding carboxylic acids is 2. The molecule has 2 N–H and O–H groups in total. The second-order valence-corrected chi connectivity index (χ2v) is 9.26. The molecule has 0 radical (unpaired) electrons. The van der Waals surface area contributed by atoms with Crippen molar-refractivity contribution in [3.8, 4) is 5.75 Å². The zero-order chi connectivity index (χ0) is 26.2. The smallest absolute Gasteiger partial charge is 0.262 e. The summed E-state index contributed by atoms with van der Waals surface area (Å²) in [4.78, 5) is 42.9. The summed E-state index contributed by atoms with van der Waals surface area (Å²) in [6, 6.07) is 21.4. The summed E-state index contributed by atoms with van der Waals surface area (Å²) >= 11 is 1.20. The number of benzene rings is 3. The van der Waals surface area contributed by atoms with E-state index in [9.17, 15) is 14.4 Å². The molecule has 1 aromatic heterocycles. The van der Waals surface area contributed by atoms with Crippen molar-refractivity contribution in [1.29, 1.82) is 0 Å². The number of para-hydroxylation sites is 1. The van der Waals surface area contributed by atoms with E-state index in [0.29, 0.717) is 39.6 Å². The Bertz CT molecular complexity index is 1450. The van der Waals surface area contributed by atoms with E-state index in [1.807, 2.05) is 25.1 Å². The standard InChI is InChI=1S/C28H28N4O4S/c1-3-16-29-26(34)20-10-8-19(9-11-20)17-32-27(35)23-6-4-5-7-24(23)31-28(32)37-18-25(33)30-21-12-14-22(36-2)15-13-21/h4-15H,3,16-18H2,1-2H3,(H,29,34)(H,30,33). The molecule has 4 rings (SSSR count). The van der Waals surface area contributed by atoms with Crippen molar-refractivity contribution in [2.75, 3.05) is 24.7 Å². The minimum absolute atomic E-state index is 0.0767. The van der Waals surface area contributed by atoms with E-state index in [-0.39, 0.29) is 29.7 Å². The maximum Gasteiger partial charge on any atom is 0.262 e. The summed E-state index contributed by atoms with van der Waals surface area (Å²) in [6.45, 7) is 2.87. The van der Waals surface area contributed by atoms with Crippen LogP contribution in [-0.2, 0) is 11.3 Å². The Labute approximate surface area is 219 Å². The first kappa shape index (κ1) is 26.0. The van der Waals surface area contributed by atoms with Crippen molar-refractivity contribution in [2.24, 2.45) is 0 Å². The molecule has 1 heterocycles. The Balaban J connectivity index is 1.54. The summed E-state index contributed by atoms with van der Waals surface area (Å²) in [5.41, 5.74) is 2.44. The van der Waals surface area contributed by atoms with Gasteiger partial charge in [-0.25, -0.2) is 4.98 Å². The monoisotopic (exact) mass is 516 g/mol. The quantitative estimate of drug-likeness (QED) is 0.240. The number of ether oxygens (including phenoxy) is 1. The van der Waals surface area contributed by atoms with Crippen molar-refractivity contribution in [2.45, 2.75) is 25.0 Å². The molecule has 8 nitrogen and oxygen atoms in total. The molecular formula is C28H28N4O4S. The lowest BCUT2D eigenvalue weighted by Crippen LogP contribution is -2.25. The first-order valence-electron chi connectivity index (χ1n) is 11.9. The van der Waals surface area contributed by atoms with E-state index < -0.39 is 0 Å². The number of amides is 2. The maximum atomic E-state index is 13.4. The Kier molecular flexibility index (Phi) is 8.58. The van der Waals surface area contributed by atoms with E-state index in [0.717, 1.165) is 12.0 Å². The van der Waals surface area contributed by atoms with Gasteiger partial charge >= 0.3 is 0 Å². The molecule has 0 unspecified atom stereocenters. The van der Waals surface area contributed by atoms with Gasteiger partial charge in [-0.15, -0.1) is 0 Å². The number of hydrogen-bond donors (Lipinski definition) is 2. The summed E-state index contributed by atoms with van der Waals surface area (Å²) in [7, 11) is 1.58. The molecule has 0 bridgehead atoms. The fraction of sp³-hybridized carbons (Fsp3) is 0.214. The third kappa shape index (κ3) is 6.56. The van der Waals surface area contributed by atoms with Crippen LogP contribution >= 0.6 is 11.8 Å². The highest BCUT2D eigenvalue weighted by Crippen LogP contribution is 2.20. The van der Waals surface area contributed by atoms with Gasteiger partial charge in [-0.05, 0) is 60.5 Å². The zero-order valence-corrected chi connectivity index (χ0v) is 21.5. The fourth-order valence-electron chi connectivity index (χ4n) is 3.68. The molecule has 2 amide bonds. The SMILES string of the molecule is CCCNC(=O)c1ccc(Cn2c(SCC(=O)Nc3ccc(OC)cc3)nc3ccccc3c2=O)cc1. The first-order valence-corrected chi connectivity index (χ1v) is 12.9. The fourth-order valence-corrected chi connectivity index (χ4v) is 4.48. The lowest BCUT2D eigenvalue weighted by molar-refractivity contribution is -0.113. The average molecular weight is 517 g/mol. The number of fused-ring (bicyclic) bond motifs is 1. The van der Waals surface area contributed by atoms with Gasteiger partial charge in [0.05, 0.1) is 30.3 Å². The maximum absolute atomic E-state index is 13.4. The Morgan fingerprint density at radius 3 is 2.43 bits per heavy atom. The number of methoxy groups -OCH3 is 1. The predicted octanol–water partition coefficient (Wildman–Crippen LogP) is 4.32. The third-order valence-corrected chi connectivity index (χ3v) is 6.60. The molecule has 0 saturated heterocycles. The van der Waals surface area contributed by atoms with Crippen LogP contribution < -0.4 is 20.9 Å². The molecule has 4 aromatic rings. The van der Waals surface area contributed by atoms with Crippen LogP contribution in [0.15, 0.2) is 82.7 Å². The van der Waals surface area contributed by atoms with Crippen LogP contribution in [0, 0.1) is 0 Å². The highest BCUT2D eigenvalue weighted by Gasteiger charge is 2.14. The van der Waals surface area contributed by atoms with Gasteiger partial charge in [0.1, 0.15) is 5.75 Å². The molecule has 0 atom stereocenters. The van der Waals surface area contributed by atoms with E-state index in [4.69, 9.17) is 4.74 Å². The minimum Gasteiger partial charge on any atom is -0.497 e. The van der Waals surface area contributed by atoms with Gasteiger partial charge in [-0.1, -0.05) is 43.0 Å². The minimum atomic E-state index is -0.216. The summed E-state index contributed by atoms with van der Waals surface area (Å²) < 4.78 is 6.71. The van der Waals surface area contributed by atoms with E-state index in [1.165, 1.54) is 11.8 Å². The summed E-state index contributed by atoms with van der Waals surface area (Å²) in [5.74, 6) is 0.433. The number of anilines is 1. The lowest BCUT2D eigenvalue weighted by Gasteiger charge is -2.14. The normalized spacial score (nSPS) is 10.8. The first-order chi connectivity index (χ1) is 18.0. The summed E-state index contributed by atoms with van der Waals surface area (Å²) in [5, 5.41) is 6.65. The third-order valence-electron chi connectivity index (χ3n) is 5.63. The molecule has 3 aromatic carbocycles. The van der Waals surface area contributed by atoms with Crippen LogP contribution in [0.3, 0.4) is 0 Å². The number of nitrogens with one attached hydrogen (secondary N) is 2. The molecule has 0 spiro atoms. The highest BCUT2D eigenvalue weighted by atomic mass is 32.2. The molecule has 0 aliphatic heterocycles. The topological polar surface area (TPSA) is 102 Å². The van der Waals surface area contributed by atoms with Crippen LogP contribution in [0.25, 0.3) is 10.9 Å². The van der Waals surface area contributed by atoms with Gasteiger partial charge in [0, 0.05) is 17.8 Å². The van der Waals surface area contributed by atoms with Crippen LogP contribution in [-0.4, -0.2) is 40.8 Å². The van der Waals surface area contributed by atoms with Gasteiger partial charge in [0.25, 0.3) is 11.5 Å². The number of rotatable bonds is 10. The van der Waals surface area contributed by atoms with E-state index in [1.54, 1.807) is 66.3 Å². The predicted molar refractivity (Wildman–Crippen MR) is 147 cm³/mol. The average Bonchev–Trinajstić information content (AvgIpc) is 2.93. The Hall–Kier alpha value is -4.11. The van der Waals surface area contributed by atoms with Gasteiger partial charge in [0.2, 0.25) is 5.91 Å². The van der Waals surface area contributed by atoms with Gasteiger partial charge in [0.15, 0.2) is 5.16 Å². The Morgan fingerprint density at radius 2 is 1.73 bits per heavy atom. The largest absolute Gasteiger partial charge is 0.497 e. The lowest BCUT2D eigenvalue weighted by atomic mass is 10.1. The molecule has 37 heavy (non-hydrogen) atoms. The van der Waals surface area contributed by atoms with E-state index in [2.05, 4.69) is 15.6 Å². The van der Waals surface area contributed by atoms with Gasteiger partial charge < -0.3 is 15.4 Å². The molecule has 0 fully saturated rings. The molecule has 0 saturated carbocycles. The van der Waals surface area contributed by atoms with Crippen molar-refractivity contribution >= 4 is 40.2 Å². The van der Waals surface area contributed by atoms with Crippen molar-refractivity contribution in [1.82, 2.24) is 14.9 Å². The summed E-state index contributed by atoms with van der Waals surface area (Å²) in [6.07, 6.45) is 0.861. The van der Waals surface area contributed by atoms with Crippen molar-refractivity contribution in [3.05, 3.63) is 94.3 Å². The highest BCUT2D eigenvalue weighted by molar-refractivity contribution is 7.99. The van der Waals surface area contributed by atoms with Gasteiger partial charge in [-0.3, -0.25) is 19.0 Å². The number of nitrogens with zero attached hydrogens (tertiary/aromatic N) is 2.